The lowest BCUT2D eigenvalue weighted by atomic mass is 10.0. The molecule has 0 fully saturated rings. The second-order valence-electron chi connectivity index (χ2n) is 8.09. The summed E-state index contributed by atoms with van der Waals surface area (Å²) in [5.41, 5.74) is 1.15. The highest BCUT2D eigenvalue weighted by Crippen LogP contribution is 2.38. The van der Waals surface area contributed by atoms with Crippen molar-refractivity contribution in [3.05, 3.63) is 45.8 Å². The summed E-state index contributed by atoms with van der Waals surface area (Å²) in [6.45, 7) is 2.15. The van der Waals surface area contributed by atoms with Gasteiger partial charge in [0.05, 0.1) is 36.3 Å². The van der Waals surface area contributed by atoms with E-state index in [0.29, 0.717) is 24.5 Å². The molecule has 1 aliphatic rings. The summed E-state index contributed by atoms with van der Waals surface area (Å²) in [7, 11) is -2.73. The molecule has 0 saturated heterocycles. The van der Waals surface area contributed by atoms with Crippen LogP contribution in [0.2, 0.25) is 0 Å². The van der Waals surface area contributed by atoms with Crippen LogP contribution in [0.4, 0.5) is 5.00 Å². The molecule has 1 N–H and O–H groups in total. The second-order valence-corrected chi connectivity index (χ2v) is 11.1. The van der Waals surface area contributed by atoms with Crippen molar-refractivity contribution in [2.24, 2.45) is 0 Å². The van der Waals surface area contributed by atoms with Crippen molar-refractivity contribution >= 4 is 44.1 Å². The number of methoxy groups -OCH3 is 1. The zero-order chi connectivity index (χ0) is 27.2. The molecule has 3 rings (SSSR count). The number of nitrogens with one attached hydrogen (secondary N) is 1. The molecule has 0 aliphatic carbocycles. The maximum atomic E-state index is 13.0. The summed E-state index contributed by atoms with van der Waals surface area (Å²) in [4.78, 5) is 39.7. The van der Waals surface area contributed by atoms with Crippen LogP contribution in [0.5, 0.6) is 0 Å². The third kappa shape index (κ3) is 6.14. The standard InChI is InChI=1S/C24H25N5O6S2/c1-16(30)28-14-9-19-20(15-28)36-23(21(19)24(32)35-2)27-22(31)17-5-7-18(8-6-17)37(33,34)29(12-3-10-25)13-4-11-26/h5-8H,3-4,9,12-15H2,1-2H3,(H,27,31). The zero-order valence-electron chi connectivity index (χ0n) is 20.3. The van der Waals surface area contributed by atoms with Gasteiger partial charge in [-0.25, -0.2) is 13.2 Å². The van der Waals surface area contributed by atoms with Crippen molar-refractivity contribution < 1.29 is 27.5 Å². The number of benzene rings is 1. The van der Waals surface area contributed by atoms with Gasteiger partial charge in [-0.15, -0.1) is 11.3 Å². The molecule has 0 unspecified atom stereocenters. The molecule has 13 heteroatoms. The predicted molar refractivity (Wildman–Crippen MR) is 134 cm³/mol. The Bertz CT molecular complexity index is 1370. The first kappa shape index (κ1) is 27.8. The molecule has 0 bridgehead atoms. The van der Waals surface area contributed by atoms with Crippen LogP contribution < -0.4 is 5.32 Å². The Labute approximate surface area is 218 Å². The molecule has 11 nitrogen and oxygen atoms in total. The SMILES string of the molecule is COC(=O)c1c(NC(=O)c2ccc(S(=O)(=O)N(CCC#N)CCC#N)cc2)sc2c1CCN(C(C)=O)C2. The number of nitrogens with zero attached hydrogens (tertiary/aromatic N) is 4. The molecule has 1 aliphatic heterocycles. The van der Waals surface area contributed by atoms with E-state index in [0.717, 1.165) is 14.7 Å². The van der Waals surface area contributed by atoms with Gasteiger partial charge in [0.25, 0.3) is 5.91 Å². The van der Waals surface area contributed by atoms with Gasteiger partial charge < -0.3 is 15.0 Å². The van der Waals surface area contributed by atoms with Gasteiger partial charge in [0.15, 0.2) is 0 Å². The van der Waals surface area contributed by atoms with Gasteiger partial charge in [-0.2, -0.15) is 14.8 Å². The predicted octanol–water partition coefficient (Wildman–Crippen LogP) is 2.51. The number of hydrogen-bond donors (Lipinski definition) is 1. The zero-order valence-corrected chi connectivity index (χ0v) is 21.9. The van der Waals surface area contributed by atoms with Gasteiger partial charge in [0, 0.05) is 49.8 Å². The number of nitriles is 2. The van der Waals surface area contributed by atoms with E-state index in [1.165, 1.54) is 49.6 Å². The Kier molecular flexibility index (Phi) is 8.99. The van der Waals surface area contributed by atoms with Crippen molar-refractivity contribution in [1.29, 1.82) is 10.5 Å². The minimum atomic E-state index is -3.97. The second kappa shape index (κ2) is 12.0. The fourth-order valence-corrected chi connectivity index (χ4v) is 6.57. The van der Waals surface area contributed by atoms with E-state index in [4.69, 9.17) is 15.3 Å². The van der Waals surface area contributed by atoms with Crippen molar-refractivity contribution in [2.75, 3.05) is 32.1 Å². The Morgan fingerprint density at radius 2 is 1.76 bits per heavy atom. The number of anilines is 1. The van der Waals surface area contributed by atoms with Crippen molar-refractivity contribution in [1.82, 2.24) is 9.21 Å². The van der Waals surface area contributed by atoms with Gasteiger partial charge in [0.1, 0.15) is 5.00 Å². The average Bonchev–Trinajstić information content (AvgIpc) is 3.25. The Morgan fingerprint density at radius 1 is 1.14 bits per heavy atom. The smallest absolute Gasteiger partial charge is 0.341 e. The van der Waals surface area contributed by atoms with Crippen LogP contribution in [0, 0.1) is 22.7 Å². The van der Waals surface area contributed by atoms with Crippen LogP contribution in [0.3, 0.4) is 0 Å². The third-order valence-corrected chi connectivity index (χ3v) is 8.86. The first-order valence-electron chi connectivity index (χ1n) is 11.3. The quantitative estimate of drug-likeness (QED) is 0.472. The summed E-state index contributed by atoms with van der Waals surface area (Å²) >= 11 is 1.19. The van der Waals surface area contributed by atoms with Gasteiger partial charge >= 0.3 is 5.97 Å². The molecule has 0 spiro atoms. The van der Waals surface area contributed by atoms with E-state index in [1.807, 2.05) is 12.1 Å². The van der Waals surface area contributed by atoms with Crippen LogP contribution in [0.25, 0.3) is 0 Å². The maximum Gasteiger partial charge on any atom is 0.341 e. The minimum Gasteiger partial charge on any atom is -0.465 e. The number of esters is 1. The number of ether oxygens (including phenoxy) is 1. The van der Waals surface area contributed by atoms with Crippen LogP contribution in [-0.2, 0) is 32.5 Å². The first-order valence-corrected chi connectivity index (χ1v) is 13.5. The van der Waals surface area contributed by atoms with E-state index < -0.39 is 21.9 Å². The molecule has 2 aromatic rings. The molecule has 1 aromatic heterocycles. The van der Waals surface area contributed by atoms with E-state index in [-0.39, 0.29) is 47.9 Å². The molecule has 0 radical (unpaired) electrons. The summed E-state index contributed by atoms with van der Waals surface area (Å²) in [6, 6.07) is 9.04. The highest BCUT2D eigenvalue weighted by Gasteiger charge is 2.30. The Balaban J connectivity index is 1.84. The topological polar surface area (TPSA) is 161 Å². The van der Waals surface area contributed by atoms with E-state index in [2.05, 4.69) is 5.32 Å². The van der Waals surface area contributed by atoms with Crippen molar-refractivity contribution in [3.63, 3.8) is 0 Å². The van der Waals surface area contributed by atoms with Crippen LogP contribution in [0.15, 0.2) is 29.2 Å². The number of carbonyl (C=O) groups is 3. The van der Waals surface area contributed by atoms with Crippen LogP contribution in [0.1, 0.15) is 50.9 Å². The van der Waals surface area contributed by atoms with E-state index >= 15 is 0 Å². The fraction of sp³-hybridized carbons (Fsp3) is 0.375. The van der Waals surface area contributed by atoms with Crippen LogP contribution >= 0.6 is 11.3 Å². The Morgan fingerprint density at radius 3 is 2.30 bits per heavy atom. The van der Waals surface area contributed by atoms with Gasteiger partial charge in [0.2, 0.25) is 15.9 Å². The van der Waals surface area contributed by atoms with Gasteiger partial charge in [-0.3, -0.25) is 9.59 Å². The lowest BCUT2D eigenvalue weighted by Gasteiger charge is -2.25. The third-order valence-electron chi connectivity index (χ3n) is 5.82. The number of fused-ring (bicyclic) bond motifs is 1. The Hall–Kier alpha value is -3.78. The number of thiophene rings is 1. The number of rotatable bonds is 9. The number of carbonyl (C=O) groups excluding carboxylic acids is 3. The molecule has 194 valence electrons. The molecule has 2 heterocycles. The summed E-state index contributed by atoms with van der Waals surface area (Å²) in [6.07, 6.45) is 0.400. The average molecular weight is 544 g/mol. The maximum absolute atomic E-state index is 13.0. The molecule has 1 aromatic carbocycles. The molecule has 37 heavy (non-hydrogen) atoms. The molecular weight excluding hydrogens is 518 g/mol. The van der Waals surface area contributed by atoms with Crippen LogP contribution in [-0.4, -0.2) is 62.2 Å². The van der Waals surface area contributed by atoms with E-state index in [9.17, 15) is 22.8 Å². The lowest BCUT2D eigenvalue weighted by Crippen LogP contribution is -2.33. The van der Waals surface area contributed by atoms with E-state index in [1.54, 1.807) is 4.90 Å². The monoisotopic (exact) mass is 543 g/mol. The largest absolute Gasteiger partial charge is 0.465 e. The number of sulfonamides is 1. The molecule has 0 atom stereocenters. The highest BCUT2D eigenvalue weighted by molar-refractivity contribution is 7.89. The highest BCUT2D eigenvalue weighted by atomic mass is 32.2. The fourth-order valence-electron chi connectivity index (χ4n) is 3.88. The lowest BCUT2D eigenvalue weighted by molar-refractivity contribution is -0.129. The molecule has 0 saturated carbocycles. The van der Waals surface area contributed by atoms with Crippen molar-refractivity contribution in [2.45, 2.75) is 37.6 Å². The summed E-state index contributed by atoms with van der Waals surface area (Å²) in [5, 5.41) is 20.7. The van der Waals surface area contributed by atoms with Gasteiger partial charge in [-0.05, 0) is 36.2 Å². The minimum absolute atomic E-state index is 0.0252. The first-order chi connectivity index (χ1) is 17.6. The number of hydrogen-bond acceptors (Lipinski definition) is 9. The van der Waals surface area contributed by atoms with Gasteiger partial charge in [-0.1, -0.05) is 0 Å². The van der Waals surface area contributed by atoms with Crippen molar-refractivity contribution in [3.8, 4) is 12.1 Å². The molecule has 2 amide bonds. The number of amides is 2. The molecular formula is C24H25N5O6S2. The summed E-state index contributed by atoms with van der Waals surface area (Å²) in [5.74, 6) is -1.24. The summed E-state index contributed by atoms with van der Waals surface area (Å²) < 4.78 is 32.0. The normalized spacial score (nSPS) is 12.8.